The van der Waals surface area contributed by atoms with Crippen molar-refractivity contribution in [2.24, 2.45) is 11.8 Å². The Kier molecular flexibility index (Phi) is 2.74. The van der Waals surface area contributed by atoms with Crippen LogP contribution in [0, 0.1) is 35.5 Å². The van der Waals surface area contributed by atoms with Gasteiger partial charge in [-0.2, -0.15) is 0 Å². The van der Waals surface area contributed by atoms with E-state index < -0.39 is 11.2 Å². The molecule has 2 fully saturated rings. The Morgan fingerprint density at radius 1 is 0.812 bits per heavy atom. The van der Waals surface area contributed by atoms with Gasteiger partial charge < -0.3 is 10.2 Å². The van der Waals surface area contributed by atoms with E-state index in [1.165, 1.54) is 0 Å². The third-order valence-corrected chi connectivity index (χ3v) is 3.44. The lowest BCUT2D eigenvalue weighted by Crippen LogP contribution is -2.24. The lowest BCUT2D eigenvalue weighted by molar-refractivity contribution is 0.0971. The van der Waals surface area contributed by atoms with Gasteiger partial charge in [0, 0.05) is 0 Å². The van der Waals surface area contributed by atoms with Crippen LogP contribution in [0.25, 0.3) is 0 Å². The van der Waals surface area contributed by atoms with Crippen molar-refractivity contribution >= 4 is 0 Å². The zero-order chi connectivity index (χ0) is 11.8. The van der Waals surface area contributed by atoms with Crippen LogP contribution in [-0.2, 0) is 0 Å². The molecule has 2 aliphatic carbocycles. The molecule has 0 aromatic rings. The van der Waals surface area contributed by atoms with Gasteiger partial charge in [-0.1, -0.05) is 11.8 Å². The normalized spacial score (nSPS) is 26.5. The SMILES string of the molecule is CC(O)(C#CC#CC(C)(O)C1CC1)C1CC1. The summed E-state index contributed by atoms with van der Waals surface area (Å²) >= 11 is 0. The zero-order valence-corrected chi connectivity index (χ0v) is 9.88. The van der Waals surface area contributed by atoms with Gasteiger partial charge in [-0.25, -0.2) is 0 Å². The molecule has 0 bridgehead atoms. The van der Waals surface area contributed by atoms with E-state index in [0.29, 0.717) is 11.8 Å². The molecule has 86 valence electrons. The van der Waals surface area contributed by atoms with Gasteiger partial charge in [0.2, 0.25) is 0 Å². The van der Waals surface area contributed by atoms with Crippen molar-refractivity contribution in [1.82, 2.24) is 0 Å². The van der Waals surface area contributed by atoms with Crippen LogP contribution in [0.4, 0.5) is 0 Å². The minimum atomic E-state index is -0.903. The van der Waals surface area contributed by atoms with Crippen LogP contribution in [0.5, 0.6) is 0 Å². The van der Waals surface area contributed by atoms with Crippen molar-refractivity contribution in [1.29, 1.82) is 0 Å². The molecule has 0 heterocycles. The Labute approximate surface area is 97.1 Å². The van der Waals surface area contributed by atoms with E-state index in [1.54, 1.807) is 13.8 Å². The summed E-state index contributed by atoms with van der Waals surface area (Å²) in [6.07, 6.45) is 4.20. The molecule has 0 aromatic heterocycles. The van der Waals surface area contributed by atoms with Gasteiger partial charge in [-0.3, -0.25) is 0 Å². The van der Waals surface area contributed by atoms with E-state index >= 15 is 0 Å². The molecule has 2 saturated carbocycles. The molecule has 0 aliphatic heterocycles. The molecule has 2 atom stereocenters. The van der Waals surface area contributed by atoms with Crippen LogP contribution in [-0.4, -0.2) is 21.4 Å². The highest BCUT2D eigenvalue weighted by atomic mass is 16.3. The maximum Gasteiger partial charge on any atom is 0.126 e. The Bertz CT molecular complexity index is 350. The summed E-state index contributed by atoms with van der Waals surface area (Å²) in [5.74, 6) is 11.5. The fraction of sp³-hybridized carbons (Fsp3) is 0.714. The summed E-state index contributed by atoms with van der Waals surface area (Å²) in [5.41, 5.74) is -1.81. The second-order valence-electron chi connectivity index (χ2n) is 5.34. The summed E-state index contributed by atoms with van der Waals surface area (Å²) in [6.45, 7) is 3.47. The molecule has 0 amide bonds. The van der Waals surface area contributed by atoms with Crippen molar-refractivity contribution in [3.05, 3.63) is 0 Å². The van der Waals surface area contributed by atoms with Gasteiger partial charge in [0.05, 0.1) is 0 Å². The van der Waals surface area contributed by atoms with E-state index in [1.807, 2.05) is 0 Å². The average Bonchev–Trinajstić information content (AvgIpc) is 3.06. The molecule has 16 heavy (non-hydrogen) atoms. The third kappa shape index (κ3) is 2.79. The summed E-state index contributed by atoms with van der Waals surface area (Å²) in [4.78, 5) is 0. The van der Waals surface area contributed by atoms with Crippen LogP contribution in [0.2, 0.25) is 0 Å². The molecule has 2 N–H and O–H groups in total. The summed E-state index contributed by atoms with van der Waals surface area (Å²) in [6, 6.07) is 0. The Balaban J connectivity index is 1.95. The average molecular weight is 218 g/mol. The number of rotatable bonds is 2. The van der Waals surface area contributed by atoms with Crippen LogP contribution in [0.15, 0.2) is 0 Å². The Hall–Kier alpha value is -0.960. The summed E-state index contributed by atoms with van der Waals surface area (Å²) < 4.78 is 0. The van der Waals surface area contributed by atoms with Crippen molar-refractivity contribution in [2.75, 3.05) is 0 Å². The smallest absolute Gasteiger partial charge is 0.126 e. The number of aliphatic hydroxyl groups is 2. The minimum Gasteiger partial charge on any atom is -0.378 e. The van der Waals surface area contributed by atoms with E-state index in [2.05, 4.69) is 23.7 Å². The highest BCUT2D eigenvalue weighted by Gasteiger charge is 2.39. The van der Waals surface area contributed by atoms with Crippen LogP contribution >= 0.6 is 0 Å². The summed E-state index contributed by atoms with van der Waals surface area (Å²) in [7, 11) is 0. The second kappa shape index (κ2) is 3.81. The monoisotopic (exact) mass is 218 g/mol. The highest BCUT2D eigenvalue weighted by Crippen LogP contribution is 2.39. The first-order chi connectivity index (χ1) is 7.42. The first-order valence-corrected chi connectivity index (χ1v) is 5.91. The fourth-order valence-electron chi connectivity index (χ4n) is 1.81. The molecule has 2 unspecified atom stereocenters. The predicted molar refractivity (Wildman–Crippen MR) is 62.2 cm³/mol. The second-order valence-corrected chi connectivity index (χ2v) is 5.34. The highest BCUT2D eigenvalue weighted by molar-refractivity contribution is 5.34. The Morgan fingerprint density at radius 3 is 1.38 bits per heavy atom. The summed E-state index contributed by atoms with van der Waals surface area (Å²) in [5, 5.41) is 19.8. The third-order valence-electron chi connectivity index (χ3n) is 3.44. The molecule has 0 aromatic carbocycles. The molecule has 0 spiro atoms. The van der Waals surface area contributed by atoms with Crippen molar-refractivity contribution in [3.63, 3.8) is 0 Å². The van der Waals surface area contributed by atoms with Gasteiger partial charge in [-0.15, -0.1) is 0 Å². The van der Waals surface area contributed by atoms with E-state index in [4.69, 9.17) is 0 Å². The van der Waals surface area contributed by atoms with Crippen LogP contribution < -0.4 is 0 Å². The van der Waals surface area contributed by atoms with Gasteiger partial charge in [0.15, 0.2) is 0 Å². The van der Waals surface area contributed by atoms with E-state index in [0.717, 1.165) is 25.7 Å². The lowest BCUT2D eigenvalue weighted by Gasteiger charge is -2.14. The Morgan fingerprint density at radius 2 is 1.12 bits per heavy atom. The molecule has 2 aliphatic rings. The zero-order valence-electron chi connectivity index (χ0n) is 9.88. The van der Waals surface area contributed by atoms with E-state index in [-0.39, 0.29) is 0 Å². The maximum absolute atomic E-state index is 9.90. The molecule has 2 nitrogen and oxygen atoms in total. The standard InChI is InChI=1S/C14H18O2/c1-13(15,11-5-6-11)9-3-4-10-14(2,16)12-7-8-12/h11-12,15-16H,5-8H2,1-2H3. The topological polar surface area (TPSA) is 40.5 Å². The van der Waals surface area contributed by atoms with E-state index in [9.17, 15) is 10.2 Å². The van der Waals surface area contributed by atoms with Gasteiger partial charge in [0.1, 0.15) is 11.2 Å². The lowest BCUT2D eigenvalue weighted by atomic mass is 10.0. The molecular weight excluding hydrogens is 200 g/mol. The maximum atomic E-state index is 9.90. The fourth-order valence-corrected chi connectivity index (χ4v) is 1.81. The quantitative estimate of drug-likeness (QED) is 0.686. The van der Waals surface area contributed by atoms with Crippen molar-refractivity contribution in [3.8, 4) is 23.7 Å². The van der Waals surface area contributed by atoms with Gasteiger partial charge >= 0.3 is 0 Å². The minimum absolute atomic E-state index is 0.311. The van der Waals surface area contributed by atoms with Gasteiger partial charge in [0.25, 0.3) is 0 Å². The van der Waals surface area contributed by atoms with Crippen LogP contribution in [0.1, 0.15) is 39.5 Å². The van der Waals surface area contributed by atoms with Gasteiger partial charge in [-0.05, 0) is 63.2 Å². The molecule has 2 heteroatoms. The molecule has 0 saturated heterocycles. The first-order valence-electron chi connectivity index (χ1n) is 5.91. The van der Waals surface area contributed by atoms with Crippen LogP contribution in [0.3, 0.4) is 0 Å². The molecular formula is C14H18O2. The van der Waals surface area contributed by atoms with Crippen molar-refractivity contribution in [2.45, 2.75) is 50.7 Å². The molecule has 2 rings (SSSR count). The first kappa shape index (κ1) is 11.5. The molecule has 0 radical (unpaired) electrons. The predicted octanol–water partition coefficient (Wildman–Crippen LogP) is 1.32. The number of hydrogen-bond acceptors (Lipinski definition) is 2. The van der Waals surface area contributed by atoms with Crippen molar-refractivity contribution < 1.29 is 10.2 Å². The largest absolute Gasteiger partial charge is 0.378 e. The number of hydrogen-bond donors (Lipinski definition) is 2.